The first kappa shape index (κ1) is 22.6. The number of carboxylic acids is 1. The molecular weight excluding hydrogens is 396 g/mol. The van der Waals surface area contributed by atoms with Crippen LogP contribution in [0.3, 0.4) is 0 Å². The van der Waals surface area contributed by atoms with E-state index in [2.05, 4.69) is 5.32 Å². The summed E-state index contributed by atoms with van der Waals surface area (Å²) in [5.41, 5.74) is 2.94. The van der Waals surface area contributed by atoms with Crippen LogP contribution in [0.2, 0.25) is 0 Å². The largest absolute Gasteiger partial charge is 0.496 e. The number of aliphatic carboxylic acids is 1. The van der Waals surface area contributed by atoms with E-state index in [9.17, 15) is 14.7 Å². The fourth-order valence-electron chi connectivity index (χ4n) is 4.12. The summed E-state index contributed by atoms with van der Waals surface area (Å²) in [5.74, 6) is -0.280. The molecule has 1 saturated heterocycles. The number of methoxy groups -OCH3 is 1. The van der Waals surface area contributed by atoms with Gasteiger partial charge in [-0.3, -0.25) is 4.90 Å². The van der Waals surface area contributed by atoms with Gasteiger partial charge in [0.05, 0.1) is 19.3 Å². The van der Waals surface area contributed by atoms with Gasteiger partial charge in [-0.05, 0) is 38.8 Å². The van der Waals surface area contributed by atoms with Crippen molar-refractivity contribution >= 4 is 12.1 Å². The highest BCUT2D eigenvalue weighted by atomic mass is 16.6. The lowest BCUT2D eigenvalue weighted by Crippen LogP contribution is -2.44. The number of carbonyl (C=O) groups is 2. The van der Waals surface area contributed by atoms with E-state index in [1.54, 1.807) is 21.0 Å². The van der Waals surface area contributed by atoms with Crippen molar-refractivity contribution in [1.29, 1.82) is 0 Å². The van der Waals surface area contributed by atoms with Crippen molar-refractivity contribution in [3.8, 4) is 5.75 Å². The summed E-state index contributed by atoms with van der Waals surface area (Å²) in [7, 11) is 1.63. The second kappa shape index (κ2) is 9.83. The van der Waals surface area contributed by atoms with Gasteiger partial charge in [0.25, 0.3) is 0 Å². The Balaban J connectivity index is 1.93. The maximum atomic E-state index is 12.9. The number of hydrogen-bond acceptors (Lipinski definition) is 5. The molecule has 3 unspecified atom stereocenters. The second-order valence-electron chi connectivity index (χ2n) is 8.09. The van der Waals surface area contributed by atoms with Crippen LogP contribution in [0.4, 0.5) is 4.79 Å². The molecule has 2 aromatic rings. The van der Waals surface area contributed by atoms with E-state index in [1.807, 2.05) is 55.5 Å². The molecule has 3 atom stereocenters. The smallest absolute Gasteiger partial charge is 0.411 e. The molecule has 1 fully saturated rings. The highest BCUT2D eigenvalue weighted by Gasteiger charge is 2.48. The number of rotatable bonds is 7. The van der Waals surface area contributed by atoms with Gasteiger partial charge in [-0.2, -0.15) is 0 Å². The quantitative estimate of drug-likeness (QED) is 0.698. The van der Waals surface area contributed by atoms with E-state index in [-0.39, 0.29) is 18.6 Å². The molecule has 3 rings (SSSR count). The summed E-state index contributed by atoms with van der Waals surface area (Å²) in [6.07, 6.45) is -0.688. The molecule has 2 N–H and O–H groups in total. The minimum absolute atomic E-state index is 0.270. The normalized spacial score (nSPS) is 20.7. The van der Waals surface area contributed by atoms with Crippen molar-refractivity contribution < 1.29 is 24.2 Å². The van der Waals surface area contributed by atoms with E-state index in [1.165, 1.54) is 4.90 Å². The first-order valence-corrected chi connectivity index (χ1v) is 10.5. The van der Waals surface area contributed by atoms with Gasteiger partial charge >= 0.3 is 12.1 Å². The van der Waals surface area contributed by atoms with Gasteiger partial charge in [0.1, 0.15) is 11.8 Å². The Kier molecular flexibility index (Phi) is 7.17. The molecule has 2 aromatic carbocycles. The van der Waals surface area contributed by atoms with Gasteiger partial charge in [-0.25, -0.2) is 9.59 Å². The average Bonchev–Trinajstić information content (AvgIpc) is 3.12. The van der Waals surface area contributed by atoms with Gasteiger partial charge in [0, 0.05) is 18.2 Å². The number of amides is 1. The lowest BCUT2D eigenvalue weighted by molar-refractivity contribution is -0.142. The van der Waals surface area contributed by atoms with Crippen LogP contribution in [-0.4, -0.2) is 47.4 Å². The molecule has 166 valence electrons. The van der Waals surface area contributed by atoms with Crippen LogP contribution < -0.4 is 10.1 Å². The summed E-state index contributed by atoms with van der Waals surface area (Å²) in [6.45, 7) is 6.00. The van der Waals surface area contributed by atoms with Gasteiger partial charge in [0.15, 0.2) is 0 Å². The number of aryl methyl sites for hydroxylation is 1. The minimum atomic E-state index is -1.04. The molecular formula is C24H30N2O5. The van der Waals surface area contributed by atoms with Gasteiger partial charge in [0.2, 0.25) is 0 Å². The average molecular weight is 427 g/mol. The molecule has 0 radical (unpaired) electrons. The summed E-state index contributed by atoms with van der Waals surface area (Å²) < 4.78 is 10.9. The van der Waals surface area contributed by atoms with Crippen molar-refractivity contribution in [2.45, 2.75) is 58.0 Å². The number of nitrogens with one attached hydrogen (secondary N) is 1. The Bertz CT molecular complexity index is 915. The highest BCUT2D eigenvalue weighted by molar-refractivity contribution is 5.81. The van der Waals surface area contributed by atoms with Gasteiger partial charge < -0.3 is 19.9 Å². The van der Waals surface area contributed by atoms with Gasteiger partial charge in [-0.15, -0.1) is 0 Å². The zero-order valence-electron chi connectivity index (χ0n) is 18.4. The van der Waals surface area contributed by atoms with Gasteiger partial charge in [-0.1, -0.05) is 48.0 Å². The molecule has 31 heavy (non-hydrogen) atoms. The van der Waals surface area contributed by atoms with E-state index < -0.39 is 24.1 Å². The number of likely N-dealkylation sites (tertiary alicyclic amines) is 1. The Hall–Kier alpha value is -3.06. The van der Waals surface area contributed by atoms with E-state index in [0.717, 1.165) is 22.4 Å². The molecule has 1 aliphatic rings. The molecule has 1 heterocycles. The fourth-order valence-corrected chi connectivity index (χ4v) is 4.12. The molecule has 0 spiro atoms. The third-order valence-electron chi connectivity index (χ3n) is 5.46. The maximum absolute atomic E-state index is 12.9. The fraction of sp³-hybridized carbons (Fsp3) is 0.417. The van der Waals surface area contributed by atoms with Crippen LogP contribution >= 0.6 is 0 Å². The number of ether oxygens (including phenoxy) is 2. The molecule has 1 amide bonds. The summed E-state index contributed by atoms with van der Waals surface area (Å²) >= 11 is 0. The van der Waals surface area contributed by atoms with Crippen LogP contribution in [0.1, 0.15) is 43.0 Å². The third kappa shape index (κ3) is 5.17. The van der Waals surface area contributed by atoms with E-state index >= 15 is 0 Å². The standard InChI is InChI=1S/C24H30N2O5/c1-15(2)31-24(29)26-20(23(27)28)13-19(22(26)17-8-6-5-7-9-17)25-14-18-12-16(3)10-11-21(18)30-4/h5-12,15,19-20,22,25H,13-14H2,1-4H3,(H,27,28). The van der Waals surface area contributed by atoms with Crippen molar-refractivity contribution in [2.75, 3.05) is 7.11 Å². The minimum Gasteiger partial charge on any atom is -0.496 e. The van der Waals surface area contributed by atoms with Crippen LogP contribution in [0.5, 0.6) is 5.75 Å². The zero-order chi connectivity index (χ0) is 22.5. The summed E-state index contributed by atoms with van der Waals surface area (Å²) in [4.78, 5) is 26.3. The lowest BCUT2D eigenvalue weighted by atomic mass is 9.99. The molecule has 7 nitrogen and oxygen atoms in total. The van der Waals surface area contributed by atoms with Crippen molar-refractivity contribution in [2.24, 2.45) is 0 Å². The number of carboxylic acid groups (broad SMARTS) is 1. The first-order valence-electron chi connectivity index (χ1n) is 10.5. The predicted molar refractivity (Wildman–Crippen MR) is 117 cm³/mol. The monoisotopic (exact) mass is 426 g/mol. The summed E-state index contributed by atoms with van der Waals surface area (Å²) in [5, 5.41) is 13.3. The Labute approximate surface area is 183 Å². The lowest BCUT2D eigenvalue weighted by Gasteiger charge is -2.31. The van der Waals surface area contributed by atoms with Crippen molar-refractivity contribution in [3.63, 3.8) is 0 Å². The number of carbonyl (C=O) groups excluding carboxylic acids is 1. The number of hydrogen-bond donors (Lipinski definition) is 2. The molecule has 1 aliphatic heterocycles. The number of nitrogens with zero attached hydrogens (tertiary/aromatic N) is 1. The number of benzene rings is 2. The topological polar surface area (TPSA) is 88.1 Å². The molecule has 7 heteroatoms. The zero-order valence-corrected chi connectivity index (χ0v) is 18.4. The summed E-state index contributed by atoms with van der Waals surface area (Å²) in [6, 6.07) is 13.7. The SMILES string of the molecule is COc1ccc(C)cc1CNC1CC(C(=O)O)N(C(=O)OC(C)C)C1c1ccccc1. The Morgan fingerprint density at radius 2 is 1.90 bits per heavy atom. The van der Waals surface area contributed by atoms with E-state index in [4.69, 9.17) is 9.47 Å². The highest BCUT2D eigenvalue weighted by Crippen LogP contribution is 2.38. The molecule has 0 saturated carbocycles. The first-order chi connectivity index (χ1) is 14.8. The molecule has 0 bridgehead atoms. The molecule has 0 aliphatic carbocycles. The third-order valence-corrected chi connectivity index (χ3v) is 5.46. The Morgan fingerprint density at radius 3 is 2.52 bits per heavy atom. The van der Waals surface area contributed by atoms with Crippen LogP contribution in [0.25, 0.3) is 0 Å². The van der Waals surface area contributed by atoms with Crippen molar-refractivity contribution in [3.05, 3.63) is 65.2 Å². The maximum Gasteiger partial charge on any atom is 0.411 e. The van der Waals surface area contributed by atoms with E-state index in [0.29, 0.717) is 6.54 Å². The van der Waals surface area contributed by atoms with Crippen LogP contribution in [0, 0.1) is 6.92 Å². The second-order valence-corrected chi connectivity index (χ2v) is 8.09. The molecule has 0 aromatic heterocycles. The Morgan fingerprint density at radius 1 is 1.19 bits per heavy atom. The predicted octanol–water partition coefficient (Wildman–Crippen LogP) is 3.91. The van der Waals surface area contributed by atoms with Crippen LogP contribution in [-0.2, 0) is 16.1 Å². The van der Waals surface area contributed by atoms with Crippen molar-refractivity contribution in [1.82, 2.24) is 10.2 Å². The van der Waals surface area contributed by atoms with Crippen LogP contribution in [0.15, 0.2) is 48.5 Å².